The summed E-state index contributed by atoms with van der Waals surface area (Å²) in [7, 11) is 0. The highest BCUT2D eigenvalue weighted by molar-refractivity contribution is 7.80. The Morgan fingerprint density at radius 2 is 1.93 bits per heavy atom. The molecule has 78 valence electrons. The summed E-state index contributed by atoms with van der Waals surface area (Å²) in [6.45, 7) is 3.66. The van der Waals surface area contributed by atoms with E-state index in [1.807, 2.05) is 0 Å². The van der Waals surface area contributed by atoms with E-state index < -0.39 is 0 Å². The average Bonchev–Trinajstić information content (AvgIpc) is 2.26. The standard InChI is InChI=1S/C11H11NO2S/c1-2-7-14-11(13)9-5-3-8(4-6-9)10(12)15/h2-6H,1,7H2,(H2,12,15). The largest absolute Gasteiger partial charge is 0.458 e. The molecule has 0 heterocycles. The number of carbonyl (C=O) groups is 1. The van der Waals surface area contributed by atoms with E-state index in [0.717, 1.165) is 5.56 Å². The number of benzene rings is 1. The third-order valence-electron chi connectivity index (χ3n) is 1.74. The lowest BCUT2D eigenvalue weighted by atomic mass is 10.1. The number of thiocarbonyl (C=S) groups is 1. The van der Waals surface area contributed by atoms with E-state index in [4.69, 9.17) is 22.7 Å². The van der Waals surface area contributed by atoms with Crippen LogP contribution in [-0.4, -0.2) is 17.6 Å². The number of hydrogen-bond donors (Lipinski definition) is 1. The minimum Gasteiger partial charge on any atom is -0.458 e. The molecule has 4 heteroatoms. The number of rotatable bonds is 4. The zero-order valence-electron chi connectivity index (χ0n) is 8.10. The minimum atomic E-state index is -0.385. The van der Waals surface area contributed by atoms with Gasteiger partial charge in [0.2, 0.25) is 0 Å². The maximum Gasteiger partial charge on any atom is 0.338 e. The second-order valence-electron chi connectivity index (χ2n) is 2.83. The van der Waals surface area contributed by atoms with Gasteiger partial charge in [0.25, 0.3) is 0 Å². The third kappa shape index (κ3) is 3.18. The van der Waals surface area contributed by atoms with Gasteiger partial charge in [0.05, 0.1) is 5.56 Å². The molecule has 1 aromatic rings. The molecule has 1 rings (SSSR count). The molecule has 0 bridgehead atoms. The molecule has 0 radical (unpaired) electrons. The van der Waals surface area contributed by atoms with Crippen molar-refractivity contribution in [3.63, 3.8) is 0 Å². The van der Waals surface area contributed by atoms with Crippen molar-refractivity contribution < 1.29 is 9.53 Å². The number of nitrogens with two attached hydrogens (primary N) is 1. The number of carbonyl (C=O) groups excluding carboxylic acids is 1. The summed E-state index contributed by atoms with van der Waals surface area (Å²) in [5.74, 6) is -0.385. The Labute approximate surface area is 93.5 Å². The van der Waals surface area contributed by atoms with Gasteiger partial charge in [-0.15, -0.1) is 0 Å². The molecular formula is C11H11NO2S. The maximum atomic E-state index is 11.4. The molecule has 0 saturated heterocycles. The molecule has 0 saturated carbocycles. The fourth-order valence-electron chi connectivity index (χ4n) is 0.989. The van der Waals surface area contributed by atoms with E-state index in [0.29, 0.717) is 10.6 Å². The summed E-state index contributed by atoms with van der Waals surface area (Å²) in [5, 5.41) is 0. The summed E-state index contributed by atoms with van der Waals surface area (Å²) < 4.78 is 4.86. The maximum absolute atomic E-state index is 11.4. The van der Waals surface area contributed by atoms with Crippen molar-refractivity contribution in [3.8, 4) is 0 Å². The fourth-order valence-corrected chi connectivity index (χ4v) is 1.12. The first-order chi connectivity index (χ1) is 7.15. The molecule has 2 N–H and O–H groups in total. The van der Waals surface area contributed by atoms with Crippen LogP contribution >= 0.6 is 12.2 Å². The molecule has 0 atom stereocenters. The van der Waals surface area contributed by atoms with Crippen molar-refractivity contribution in [3.05, 3.63) is 48.0 Å². The van der Waals surface area contributed by atoms with Crippen molar-refractivity contribution in [2.24, 2.45) is 5.73 Å². The van der Waals surface area contributed by atoms with Crippen LogP contribution in [0.3, 0.4) is 0 Å². The minimum absolute atomic E-state index is 0.204. The number of hydrogen-bond acceptors (Lipinski definition) is 3. The molecule has 0 amide bonds. The van der Waals surface area contributed by atoms with E-state index in [-0.39, 0.29) is 12.6 Å². The Balaban J connectivity index is 2.75. The Bertz CT molecular complexity index is 384. The highest BCUT2D eigenvalue weighted by atomic mass is 32.1. The number of esters is 1. The first kappa shape index (κ1) is 11.4. The molecular weight excluding hydrogens is 210 g/mol. The third-order valence-corrected chi connectivity index (χ3v) is 1.97. The molecule has 0 unspecified atom stereocenters. The molecule has 0 aliphatic rings. The second kappa shape index (κ2) is 5.26. The van der Waals surface area contributed by atoms with Crippen molar-refractivity contribution in [2.75, 3.05) is 6.61 Å². The molecule has 0 aromatic heterocycles. The van der Waals surface area contributed by atoms with Crippen molar-refractivity contribution in [1.82, 2.24) is 0 Å². The summed E-state index contributed by atoms with van der Waals surface area (Å²) >= 11 is 4.79. The van der Waals surface area contributed by atoms with Crippen molar-refractivity contribution in [1.29, 1.82) is 0 Å². The quantitative estimate of drug-likeness (QED) is 0.477. The van der Waals surface area contributed by atoms with E-state index >= 15 is 0 Å². The molecule has 0 fully saturated rings. The van der Waals surface area contributed by atoms with Crippen molar-refractivity contribution in [2.45, 2.75) is 0 Å². The highest BCUT2D eigenvalue weighted by Gasteiger charge is 2.06. The SMILES string of the molecule is C=CCOC(=O)c1ccc(C(N)=S)cc1. The van der Waals surface area contributed by atoms with Gasteiger partial charge in [-0.05, 0) is 12.1 Å². The zero-order chi connectivity index (χ0) is 11.3. The lowest BCUT2D eigenvalue weighted by Gasteiger charge is -2.02. The summed E-state index contributed by atoms with van der Waals surface area (Å²) in [4.78, 5) is 11.7. The monoisotopic (exact) mass is 221 g/mol. The lowest BCUT2D eigenvalue weighted by molar-refractivity contribution is 0.0550. The Hall–Kier alpha value is -1.68. The molecule has 1 aromatic carbocycles. The van der Waals surface area contributed by atoms with Gasteiger partial charge < -0.3 is 10.5 Å². The lowest BCUT2D eigenvalue weighted by Crippen LogP contribution is -2.10. The van der Waals surface area contributed by atoms with Crippen LogP contribution in [0.1, 0.15) is 15.9 Å². The van der Waals surface area contributed by atoms with Crippen LogP contribution in [-0.2, 0) is 4.74 Å². The van der Waals surface area contributed by atoms with Gasteiger partial charge in [0.1, 0.15) is 11.6 Å². The molecule has 15 heavy (non-hydrogen) atoms. The average molecular weight is 221 g/mol. The molecule has 0 aliphatic carbocycles. The predicted molar refractivity (Wildman–Crippen MR) is 62.8 cm³/mol. The second-order valence-corrected chi connectivity index (χ2v) is 3.27. The molecule has 3 nitrogen and oxygen atoms in total. The van der Waals surface area contributed by atoms with Crippen LogP contribution < -0.4 is 5.73 Å². The van der Waals surface area contributed by atoms with E-state index in [9.17, 15) is 4.79 Å². The van der Waals surface area contributed by atoms with Crippen LogP contribution in [0.2, 0.25) is 0 Å². The smallest absolute Gasteiger partial charge is 0.338 e. The zero-order valence-corrected chi connectivity index (χ0v) is 8.92. The van der Waals surface area contributed by atoms with E-state index in [1.165, 1.54) is 6.08 Å². The Morgan fingerprint density at radius 3 is 2.40 bits per heavy atom. The van der Waals surface area contributed by atoms with E-state index in [2.05, 4.69) is 6.58 Å². The summed E-state index contributed by atoms with van der Waals surface area (Å²) in [6, 6.07) is 6.62. The van der Waals surface area contributed by atoms with Crippen LogP contribution in [0.25, 0.3) is 0 Å². The van der Waals surface area contributed by atoms with Crippen LogP contribution in [0.15, 0.2) is 36.9 Å². The Kier molecular flexibility index (Phi) is 4.00. The molecule has 0 spiro atoms. The van der Waals surface area contributed by atoms with Gasteiger partial charge in [-0.3, -0.25) is 0 Å². The first-order valence-electron chi connectivity index (χ1n) is 4.33. The van der Waals surface area contributed by atoms with Gasteiger partial charge in [-0.1, -0.05) is 37.0 Å². The molecule has 0 aliphatic heterocycles. The van der Waals surface area contributed by atoms with Gasteiger partial charge in [0, 0.05) is 5.56 Å². The summed E-state index contributed by atoms with van der Waals surface area (Å²) in [5.41, 5.74) is 6.62. The van der Waals surface area contributed by atoms with Crippen molar-refractivity contribution >= 4 is 23.2 Å². The van der Waals surface area contributed by atoms with Crippen LogP contribution in [0, 0.1) is 0 Å². The predicted octanol–water partition coefficient (Wildman–Crippen LogP) is 1.66. The van der Waals surface area contributed by atoms with Gasteiger partial charge >= 0.3 is 5.97 Å². The Morgan fingerprint density at radius 1 is 1.40 bits per heavy atom. The summed E-state index contributed by atoms with van der Waals surface area (Å²) in [6.07, 6.45) is 1.52. The number of ether oxygens (including phenoxy) is 1. The van der Waals surface area contributed by atoms with Gasteiger partial charge in [-0.25, -0.2) is 4.79 Å². The van der Waals surface area contributed by atoms with Crippen LogP contribution in [0.5, 0.6) is 0 Å². The highest BCUT2D eigenvalue weighted by Crippen LogP contribution is 2.05. The van der Waals surface area contributed by atoms with Gasteiger partial charge in [-0.2, -0.15) is 0 Å². The van der Waals surface area contributed by atoms with Gasteiger partial charge in [0.15, 0.2) is 0 Å². The van der Waals surface area contributed by atoms with Crippen LogP contribution in [0.4, 0.5) is 0 Å². The van der Waals surface area contributed by atoms with E-state index in [1.54, 1.807) is 24.3 Å². The first-order valence-corrected chi connectivity index (χ1v) is 4.74. The topological polar surface area (TPSA) is 52.3 Å². The fraction of sp³-hybridized carbons (Fsp3) is 0.0909. The normalized spacial score (nSPS) is 9.33.